The smallest absolute Gasteiger partial charge is 0.0713 e. The molecular weight excluding hydrogens is 284 g/mol. The fourth-order valence-corrected chi connectivity index (χ4v) is 3.87. The van der Waals surface area contributed by atoms with Gasteiger partial charge in [0.05, 0.1) is 6.10 Å². The largest absolute Gasteiger partial charge is 0.380 e. The van der Waals surface area contributed by atoms with Crippen molar-refractivity contribution in [3.05, 3.63) is 34.9 Å². The van der Waals surface area contributed by atoms with Gasteiger partial charge in [0, 0.05) is 30.8 Å². The third-order valence-electron chi connectivity index (χ3n) is 4.91. The van der Waals surface area contributed by atoms with Crippen LogP contribution in [0.2, 0.25) is 5.02 Å². The van der Waals surface area contributed by atoms with Crippen molar-refractivity contribution in [2.45, 2.75) is 43.9 Å². The lowest BCUT2D eigenvalue weighted by Gasteiger charge is -2.35. The summed E-state index contributed by atoms with van der Waals surface area (Å²) in [6, 6.07) is 9.61. The molecule has 0 spiro atoms. The van der Waals surface area contributed by atoms with Crippen molar-refractivity contribution in [1.82, 2.24) is 10.2 Å². The van der Waals surface area contributed by atoms with Crippen LogP contribution in [0.15, 0.2) is 24.3 Å². The van der Waals surface area contributed by atoms with Gasteiger partial charge in [-0.2, -0.15) is 0 Å². The predicted octanol–water partition coefficient (Wildman–Crippen LogP) is 2.72. The van der Waals surface area contributed by atoms with Gasteiger partial charge in [-0.3, -0.25) is 4.90 Å². The Morgan fingerprint density at radius 3 is 2.62 bits per heavy atom. The SMILES string of the molecule is CO[C@H]1C[C@H](Cc2ccc(Cl)cc2)N(C2CCNCC2)C1. The minimum Gasteiger partial charge on any atom is -0.380 e. The zero-order chi connectivity index (χ0) is 14.7. The highest BCUT2D eigenvalue weighted by Gasteiger charge is 2.36. The lowest BCUT2D eigenvalue weighted by Crippen LogP contribution is -2.46. The highest BCUT2D eigenvalue weighted by atomic mass is 35.5. The van der Waals surface area contributed by atoms with E-state index in [1.165, 1.54) is 18.4 Å². The maximum atomic E-state index is 5.99. The zero-order valence-electron chi connectivity index (χ0n) is 12.7. The van der Waals surface area contributed by atoms with Crippen LogP contribution in [0.25, 0.3) is 0 Å². The molecule has 3 rings (SSSR count). The van der Waals surface area contributed by atoms with E-state index >= 15 is 0 Å². The molecule has 4 heteroatoms. The average Bonchev–Trinajstić information content (AvgIpc) is 2.93. The molecule has 116 valence electrons. The van der Waals surface area contributed by atoms with Gasteiger partial charge in [-0.05, 0) is 56.5 Å². The van der Waals surface area contributed by atoms with Crippen molar-refractivity contribution in [2.75, 3.05) is 26.7 Å². The lowest BCUT2D eigenvalue weighted by molar-refractivity contribution is 0.0931. The van der Waals surface area contributed by atoms with Crippen LogP contribution < -0.4 is 5.32 Å². The van der Waals surface area contributed by atoms with Crippen molar-refractivity contribution in [1.29, 1.82) is 0 Å². The molecule has 0 bridgehead atoms. The molecule has 0 radical (unpaired) electrons. The summed E-state index contributed by atoms with van der Waals surface area (Å²) in [6.07, 6.45) is 5.14. The first-order valence-electron chi connectivity index (χ1n) is 8.00. The number of likely N-dealkylation sites (tertiary alicyclic amines) is 1. The van der Waals surface area contributed by atoms with Crippen LogP contribution in [0.4, 0.5) is 0 Å². The Bertz CT molecular complexity index is 445. The summed E-state index contributed by atoms with van der Waals surface area (Å²) in [5.74, 6) is 0. The first-order chi connectivity index (χ1) is 10.3. The Balaban J connectivity index is 1.69. The van der Waals surface area contributed by atoms with E-state index in [1.807, 2.05) is 19.2 Å². The van der Waals surface area contributed by atoms with Gasteiger partial charge in [-0.25, -0.2) is 0 Å². The highest BCUT2D eigenvalue weighted by molar-refractivity contribution is 6.30. The molecule has 0 saturated carbocycles. The van der Waals surface area contributed by atoms with Crippen molar-refractivity contribution >= 4 is 11.6 Å². The van der Waals surface area contributed by atoms with Gasteiger partial charge in [-0.1, -0.05) is 23.7 Å². The van der Waals surface area contributed by atoms with Gasteiger partial charge in [0.25, 0.3) is 0 Å². The molecule has 3 nitrogen and oxygen atoms in total. The molecule has 0 aliphatic carbocycles. The van der Waals surface area contributed by atoms with Crippen molar-refractivity contribution in [3.63, 3.8) is 0 Å². The maximum Gasteiger partial charge on any atom is 0.0713 e. The molecule has 2 saturated heterocycles. The second-order valence-corrected chi connectivity index (χ2v) is 6.69. The number of piperidine rings is 1. The van der Waals surface area contributed by atoms with Crippen LogP contribution in [-0.2, 0) is 11.2 Å². The van der Waals surface area contributed by atoms with E-state index < -0.39 is 0 Å². The third-order valence-corrected chi connectivity index (χ3v) is 5.17. The molecular formula is C17H25ClN2O. The molecule has 1 aromatic rings. The molecule has 2 aliphatic heterocycles. The first kappa shape index (κ1) is 15.3. The minimum absolute atomic E-state index is 0.386. The summed E-state index contributed by atoms with van der Waals surface area (Å²) in [5.41, 5.74) is 1.38. The number of nitrogens with zero attached hydrogens (tertiary/aromatic N) is 1. The zero-order valence-corrected chi connectivity index (χ0v) is 13.5. The first-order valence-corrected chi connectivity index (χ1v) is 8.38. The summed E-state index contributed by atoms with van der Waals surface area (Å²) in [7, 11) is 1.84. The van der Waals surface area contributed by atoms with Crippen LogP contribution in [0, 0.1) is 0 Å². The van der Waals surface area contributed by atoms with Gasteiger partial charge in [-0.15, -0.1) is 0 Å². The monoisotopic (exact) mass is 308 g/mol. The highest BCUT2D eigenvalue weighted by Crippen LogP contribution is 2.28. The predicted molar refractivity (Wildman–Crippen MR) is 87.0 cm³/mol. The molecule has 2 fully saturated rings. The van der Waals surface area contributed by atoms with Gasteiger partial charge >= 0.3 is 0 Å². The average molecular weight is 309 g/mol. The molecule has 0 amide bonds. The molecule has 2 heterocycles. The second kappa shape index (κ2) is 7.10. The maximum absolute atomic E-state index is 5.99. The topological polar surface area (TPSA) is 24.5 Å². The van der Waals surface area contributed by atoms with Gasteiger partial charge in [0.2, 0.25) is 0 Å². The number of rotatable bonds is 4. The van der Waals surface area contributed by atoms with E-state index in [1.54, 1.807) is 0 Å². The molecule has 2 aliphatic rings. The number of benzene rings is 1. The summed E-state index contributed by atoms with van der Waals surface area (Å²) >= 11 is 5.99. The van der Waals surface area contributed by atoms with E-state index in [2.05, 4.69) is 22.3 Å². The van der Waals surface area contributed by atoms with E-state index in [4.69, 9.17) is 16.3 Å². The number of methoxy groups -OCH3 is 1. The summed E-state index contributed by atoms with van der Waals surface area (Å²) in [5, 5.41) is 4.28. The molecule has 0 aromatic heterocycles. The van der Waals surface area contributed by atoms with Crippen LogP contribution in [0.1, 0.15) is 24.8 Å². The summed E-state index contributed by atoms with van der Waals surface area (Å²) in [4.78, 5) is 2.70. The fourth-order valence-electron chi connectivity index (χ4n) is 3.75. The quantitative estimate of drug-likeness (QED) is 0.925. The molecule has 21 heavy (non-hydrogen) atoms. The Kier molecular flexibility index (Phi) is 5.17. The number of hydrogen-bond donors (Lipinski definition) is 1. The minimum atomic E-state index is 0.386. The van der Waals surface area contributed by atoms with Gasteiger partial charge in [0.1, 0.15) is 0 Å². The normalized spacial score (nSPS) is 28.1. The fraction of sp³-hybridized carbons (Fsp3) is 0.647. The summed E-state index contributed by atoms with van der Waals surface area (Å²) in [6.45, 7) is 3.37. The lowest BCUT2D eigenvalue weighted by atomic mass is 9.99. The van der Waals surface area contributed by atoms with E-state index in [9.17, 15) is 0 Å². The second-order valence-electron chi connectivity index (χ2n) is 6.26. The molecule has 2 atom stereocenters. The standard InChI is InChI=1S/C17H25ClN2O/c1-21-17-11-16(10-13-2-4-14(18)5-3-13)20(12-17)15-6-8-19-9-7-15/h2-5,15-17,19H,6-12H2,1H3/t16-,17-/m0/s1. The van der Waals surface area contributed by atoms with Crippen LogP contribution >= 0.6 is 11.6 Å². The van der Waals surface area contributed by atoms with Gasteiger partial charge in [0.15, 0.2) is 0 Å². The van der Waals surface area contributed by atoms with E-state index in [0.717, 1.165) is 37.5 Å². The Hall–Kier alpha value is -0.610. The van der Waals surface area contributed by atoms with Gasteiger partial charge < -0.3 is 10.1 Å². The van der Waals surface area contributed by atoms with Crippen molar-refractivity contribution in [3.8, 4) is 0 Å². The number of halogens is 1. The molecule has 1 aromatic carbocycles. The Morgan fingerprint density at radius 2 is 1.95 bits per heavy atom. The number of hydrogen-bond acceptors (Lipinski definition) is 3. The Morgan fingerprint density at radius 1 is 1.24 bits per heavy atom. The number of ether oxygens (including phenoxy) is 1. The van der Waals surface area contributed by atoms with Crippen LogP contribution in [0.3, 0.4) is 0 Å². The number of nitrogens with one attached hydrogen (secondary N) is 1. The van der Waals surface area contributed by atoms with E-state index in [0.29, 0.717) is 18.2 Å². The van der Waals surface area contributed by atoms with Crippen molar-refractivity contribution in [2.24, 2.45) is 0 Å². The Labute approximate surface area is 132 Å². The summed E-state index contributed by atoms with van der Waals surface area (Å²) < 4.78 is 5.64. The van der Waals surface area contributed by atoms with Crippen LogP contribution in [0.5, 0.6) is 0 Å². The molecule has 1 N–H and O–H groups in total. The van der Waals surface area contributed by atoms with E-state index in [-0.39, 0.29) is 0 Å². The van der Waals surface area contributed by atoms with Crippen LogP contribution in [-0.4, -0.2) is 49.8 Å². The van der Waals surface area contributed by atoms with Crippen molar-refractivity contribution < 1.29 is 4.74 Å². The third kappa shape index (κ3) is 3.78. The molecule has 0 unspecified atom stereocenters.